The van der Waals surface area contributed by atoms with E-state index in [1.54, 1.807) is 4.90 Å². The number of nitrogens with zero attached hydrogens (tertiary/aromatic N) is 1. The molecule has 1 fully saturated rings. The van der Waals surface area contributed by atoms with Crippen molar-refractivity contribution in [1.29, 1.82) is 0 Å². The van der Waals surface area contributed by atoms with E-state index < -0.39 is 5.54 Å². The maximum absolute atomic E-state index is 12.6. The quantitative estimate of drug-likeness (QED) is 0.833. The lowest BCUT2D eigenvalue weighted by Crippen LogP contribution is -2.71. The molecule has 0 saturated carbocycles. The summed E-state index contributed by atoms with van der Waals surface area (Å²) in [6, 6.07) is -0.283. The topological polar surface area (TPSA) is 49.4 Å². The van der Waals surface area contributed by atoms with Crippen molar-refractivity contribution >= 4 is 11.8 Å². The molecule has 1 saturated heterocycles. The Labute approximate surface area is 110 Å². The fraction of sp³-hybridized carbons (Fsp3) is 0.857. The van der Waals surface area contributed by atoms with Crippen LogP contribution in [0.1, 0.15) is 54.4 Å². The number of piperazine rings is 1. The van der Waals surface area contributed by atoms with E-state index in [1.165, 1.54) is 0 Å². The summed E-state index contributed by atoms with van der Waals surface area (Å²) < 4.78 is 0. The van der Waals surface area contributed by atoms with Gasteiger partial charge in [0.15, 0.2) is 0 Å². The number of hydrogen-bond donors (Lipinski definition) is 1. The first-order valence-corrected chi connectivity index (χ1v) is 6.87. The molecule has 2 unspecified atom stereocenters. The van der Waals surface area contributed by atoms with Gasteiger partial charge in [-0.2, -0.15) is 0 Å². The van der Waals surface area contributed by atoms with Gasteiger partial charge in [-0.25, -0.2) is 0 Å². The normalized spacial score (nSPS) is 25.3. The average Bonchev–Trinajstić information content (AvgIpc) is 2.23. The van der Waals surface area contributed by atoms with Crippen molar-refractivity contribution in [1.82, 2.24) is 10.2 Å². The lowest BCUT2D eigenvalue weighted by Gasteiger charge is -2.48. The Morgan fingerprint density at radius 3 is 2.28 bits per heavy atom. The molecule has 0 aromatic rings. The highest BCUT2D eigenvalue weighted by Gasteiger charge is 2.48. The number of rotatable bonds is 4. The van der Waals surface area contributed by atoms with Crippen LogP contribution >= 0.6 is 0 Å². The summed E-state index contributed by atoms with van der Waals surface area (Å²) in [6.45, 7) is 11.7. The minimum absolute atomic E-state index is 0.0514. The van der Waals surface area contributed by atoms with Crippen LogP contribution in [0.25, 0.3) is 0 Å². The summed E-state index contributed by atoms with van der Waals surface area (Å²) in [4.78, 5) is 26.5. The molecule has 4 heteroatoms. The lowest BCUT2D eigenvalue weighted by molar-refractivity contribution is -0.159. The largest absolute Gasteiger partial charge is 0.342 e. The van der Waals surface area contributed by atoms with Gasteiger partial charge < -0.3 is 10.2 Å². The molecule has 2 amide bonds. The van der Waals surface area contributed by atoms with Gasteiger partial charge in [-0.05, 0) is 33.1 Å². The molecule has 0 aliphatic carbocycles. The van der Waals surface area contributed by atoms with Crippen LogP contribution in [0, 0.1) is 5.92 Å². The second-order valence-corrected chi connectivity index (χ2v) is 6.10. The van der Waals surface area contributed by atoms with Gasteiger partial charge in [0.25, 0.3) is 0 Å². The molecule has 0 aromatic heterocycles. The first-order valence-electron chi connectivity index (χ1n) is 6.87. The van der Waals surface area contributed by atoms with Crippen molar-refractivity contribution < 1.29 is 9.59 Å². The van der Waals surface area contributed by atoms with Crippen molar-refractivity contribution in [2.45, 2.75) is 72.0 Å². The molecule has 1 N–H and O–H groups in total. The zero-order valence-electron chi connectivity index (χ0n) is 12.4. The summed E-state index contributed by atoms with van der Waals surface area (Å²) in [7, 11) is 0. The van der Waals surface area contributed by atoms with Gasteiger partial charge in [0.1, 0.15) is 11.6 Å². The molecule has 18 heavy (non-hydrogen) atoms. The van der Waals surface area contributed by atoms with Crippen molar-refractivity contribution in [3.63, 3.8) is 0 Å². The molecular weight excluding hydrogens is 228 g/mol. The number of carbonyl (C=O) groups is 2. The Bertz CT molecular complexity index is 337. The summed E-state index contributed by atoms with van der Waals surface area (Å²) in [5, 5.41) is 2.85. The summed E-state index contributed by atoms with van der Waals surface area (Å²) in [5.74, 6) is 0.119. The van der Waals surface area contributed by atoms with Crippen LogP contribution in [0.5, 0.6) is 0 Å². The van der Waals surface area contributed by atoms with Crippen molar-refractivity contribution in [3.8, 4) is 0 Å². The lowest BCUT2D eigenvalue weighted by atomic mass is 9.89. The highest BCUT2D eigenvalue weighted by molar-refractivity contribution is 5.99. The highest BCUT2D eigenvalue weighted by Crippen LogP contribution is 2.27. The van der Waals surface area contributed by atoms with Crippen LogP contribution in [-0.4, -0.2) is 34.3 Å². The zero-order chi connectivity index (χ0) is 14.1. The fourth-order valence-corrected chi connectivity index (χ4v) is 2.68. The van der Waals surface area contributed by atoms with E-state index in [1.807, 2.05) is 34.6 Å². The first kappa shape index (κ1) is 15.0. The average molecular weight is 254 g/mol. The second kappa shape index (κ2) is 5.29. The Morgan fingerprint density at radius 1 is 1.28 bits per heavy atom. The van der Waals surface area contributed by atoms with E-state index in [4.69, 9.17) is 0 Å². The molecule has 4 nitrogen and oxygen atoms in total. The predicted octanol–water partition coefficient (Wildman–Crippen LogP) is 1.94. The van der Waals surface area contributed by atoms with Crippen molar-refractivity contribution in [2.24, 2.45) is 5.92 Å². The molecule has 1 heterocycles. The molecule has 1 aliphatic heterocycles. The number of hydrogen-bond acceptors (Lipinski definition) is 2. The van der Waals surface area contributed by atoms with Crippen LogP contribution in [0.15, 0.2) is 0 Å². The number of nitrogens with one attached hydrogen (secondary N) is 1. The van der Waals surface area contributed by atoms with Gasteiger partial charge in [-0.3, -0.25) is 9.59 Å². The fourth-order valence-electron chi connectivity index (χ4n) is 2.68. The van der Waals surface area contributed by atoms with E-state index in [2.05, 4.69) is 12.2 Å². The van der Waals surface area contributed by atoms with E-state index in [0.29, 0.717) is 0 Å². The van der Waals surface area contributed by atoms with E-state index in [0.717, 1.165) is 12.8 Å². The zero-order valence-corrected chi connectivity index (χ0v) is 12.4. The summed E-state index contributed by atoms with van der Waals surface area (Å²) in [6.07, 6.45) is 1.93. The van der Waals surface area contributed by atoms with Crippen LogP contribution in [0.3, 0.4) is 0 Å². The van der Waals surface area contributed by atoms with Crippen molar-refractivity contribution in [3.05, 3.63) is 0 Å². The van der Waals surface area contributed by atoms with Gasteiger partial charge in [-0.1, -0.05) is 27.2 Å². The molecule has 1 aliphatic rings. The molecule has 1 rings (SSSR count). The molecule has 0 aromatic carbocycles. The third-order valence-corrected chi connectivity index (χ3v) is 3.76. The molecule has 2 atom stereocenters. The summed E-state index contributed by atoms with van der Waals surface area (Å²) >= 11 is 0. The van der Waals surface area contributed by atoms with Crippen molar-refractivity contribution in [2.75, 3.05) is 0 Å². The van der Waals surface area contributed by atoms with Gasteiger partial charge in [0, 0.05) is 6.04 Å². The minimum Gasteiger partial charge on any atom is -0.342 e. The Morgan fingerprint density at radius 2 is 1.83 bits per heavy atom. The van der Waals surface area contributed by atoms with Gasteiger partial charge >= 0.3 is 0 Å². The molecule has 0 radical (unpaired) electrons. The number of amides is 2. The Hall–Kier alpha value is -1.06. The summed E-state index contributed by atoms with van der Waals surface area (Å²) in [5.41, 5.74) is -0.753. The highest BCUT2D eigenvalue weighted by atomic mass is 16.2. The third kappa shape index (κ3) is 2.52. The maximum atomic E-state index is 12.6. The second-order valence-electron chi connectivity index (χ2n) is 6.10. The van der Waals surface area contributed by atoms with E-state index in [-0.39, 0.29) is 29.8 Å². The predicted molar refractivity (Wildman–Crippen MR) is 72.1 cm³/mol. The van der Waals surface area contributed by atoms with Gasteiger partial charge in [0.05, 0.1) is 0 Å². The van der Waals surface area contributed by atoms with Gasteiger partial charge in [0.2, 0.25) is 11.8 Å². The minimum atomic E-state index is -0.753. The van der Waals surface area contributed by atoms with Crippen LogP contribution in [0.2, 0.25) is 0 Å². The Kier molecular flexibility index (Phi) is 4.41. The monoisotopic (exact) mass is 254 g/mol. The molecule has 0 bridgehead atoms. The molecular formula is C14H26N2O2. The first-order chi connectivity index (χ1) is 8.23. The van der Waals surface area contributed by atoms with E-state index in [9.17, 15) is 9.59 Å². The maximum Gasteiger partial charge on any atom is 0.246 e. The molecule has 0 spiro atoms. The van der Waals surface area contributed by atoms with E-state index >= 15 is 0 Å². The number of carbonyl (C=O) groups excluding carboxylic acids is 2. The van der Waals surface area contributed by atoms with Crippen LogP contribution < -0.4 is 5.32 Å². The van der Waals surface area contributed by atoms with Gasteiger partial charge in [-0.15, -0.1) is 0 Å². The van der Waals surface area contributed by atoms with Crippen LogP contribution in [-0.2, 0) is 9.59 Å². The molecule has 104 valence electrons. The smallest absolute Gasteiger partial charge is 0.246 e. The van der Waals surface area contributed by atoms with Crippen LogP contribution in [0.4, 0.5) is 0 Å². The SMILES string of the molecule is CCCC(C)N1C(=O)C(C(C)C)NC(=O)C1(C)C. The Balaban J connectivity index is 3.07. The standard InChI is InChI=1S/C14H26N2O2/c1-7-8-10(4)16-12(17)11(9(2)3)15-13(18)14(16,5)6/h9-11H,7-8H2,1-6H3,(H,15,18). The third-order valence-electron chi connectivity index (χ3n) is 3.76.